The van der Waals surface area contributed by atoms with Crippen molar-refractivity contribution in [3.8, 4) is 0 Å². The number of aromatic nitrogens is 2. The van der Waals surface area contributed by atoms with Crippen molar-refractivity contribution in [2.75, 3.05) is 25.5 Å². The van der Waals surface area contributed by atoms with Gasteiger partial charge in [-0.3, -0.25) is 0 Å². The van der Waals surface area contributed by atoms with Crippen LogP contribution in [0.25, 0.3) is 0 Å². The highest BCUT2D eigenvalue weighted by Gasteiger charge is 2.18. The summed E-state index contributed by atoms with van der Waals surface area (Å²) >= 11 is 6.04. The number of rotatable bonds is 4. The summed E-state index contributed by atoms with van der Waals surface area (Å²) in [6.07, 6.45) is 3.88. The molecule has 5 heteroatoms. The molecule has 1 unspecified atom stereocenters. The number of anilines is 1. The molecule has 0 bridgehead atoms. The molecular weight excluding hydrogens is 260 g/mol. The standard InChI is InChI=1S/C14H23ClN4/c1-10(2)14-17-12(15)8-13(18-14)16-9-11-6-4-5-7-19(11)3/h8,10-11H,4-7,9H2,1-3H3,(H,16,17,18). The molecule has 0 radical (unpaired) electrons. The molecule has 2 rings (SSSR count). The maximum atomic E-state index is 6.04. The first-order valence-corrected chi connectivity index (χ1v) is 7.42. The fraction of sp³-hybridized carbons (Fsp3) is 0.714. The maximum Gasteiger partial charge on any atom is 0.135 e. The molecule has 2 heterocycles. The predicted molar refractivity (Wildman–Crippen MR) is 79.9 cm³/mol. The van der Waals surface area contributed by atoms with E-state index >= 15 is 0 Å². The number of nitrogens with one attached hydrogen (secondary N) is 1. The van der Waals surface area contributed by atoms with Crippen LogP contribution in [-0.2, 0) is 0 Å². The van der Waals surface area contributed by atoms with E-state index in [1.54, 1.807) is 6.07 Å². The van der Waals surface area contributed by atoms with Crippen LogP contribution < -0.4 is 5.32 Å². The topological polar surface area (TPSA) is 41.1 Å². The van der Waals surface area contributed by atoms with Crippen LogP contribution in [0.4, 0.5) is 5.82 Å². The minimum absolute atomic E-state index is 0.289. The van der Waals surface area contributed by atoms with E-state index in [1.165, 1.54) is 25.8 Å². The van der Waals surface area contributed by atoms with E-state index in [0.29, 0.717) is 11.2 Å². The lowest BCUT2D eigenvalue weighted by Gasteiger charge is -2.32. The minimum atomic E-state index is 0.289. The Hall–Kier alpha value is -0.870. The van der Waals surface area contributed by atoms with E-state index in [2.05, 4.69) is 41.1 Å². The van der Waals surface area contributed by atoms with Gasteiger partial charge in [0.05, 0.1) is 0 Å². The monoisotopic (exact) mass is 282 g/mol. The van der Waals surface area contributed by atoms with Crippen LogP contribution in [-0.4, -0.2) is 41.0 Å². The fourth-order valence-corrected chi connectivity index (χ4v) is 2.60. The van der Waals surface area contributed by atoms with Gasteiger partial charge in [-0.2, -0.15) is 0 Å². The first-order chi connectivity index (χ1) is 9.06. The Bertz CT molecular complexity index is 422. The third-order valence-corrected chi connectivity index (χ3v) is 3.86. The second-order valence-corrected chi connectivity index (χ2v) is 5.99. The number of likely N-dealkylation sites (tertiary alicyclic amines) is 1. The summed E-state index contributed by atoms with van der Waals surface area (Å²) in [5.41, 5.74) is 0. The van der Waals surface area contributed by atoms with Gasteiger partial charge in [-0.15, -0.1) is 0 Å². The Labute approximate surface area is 120 Å². The number of piperidine rings is 1. The smallest absolute Gasteiger partial charge is 0.135 e. The molecule has 1 fully saturated rings. The normalized spacial score (nSPS) is 20.8. The second kappa shape index (κ2) is 6.53. The van der Waals surface area contributed by atoms with Crippen molar-refractivity contribution in [1.82, 2.24) is 14.9 Å². The zero-order valence-electron chi connectivity index (χ0n) is 12.0. The molecule has 4 nitrogen and oxygen atoms in total. The lowest BCUT2D eigenvalue weighted by atomic mass is 10.0. The molecule has 1 aliphatic rings. The molecule has 106 valence electrons. The van der Waals surface area contributed by atoms with E-state index in [4.69, 9.17) is 11.6 Å². The Morgan fingerprint density at radius 3 is 2.89 bits per heavy atom. The Morgan fingerprint density at radius 1 is 1.42 bits per heavy atom. The van der Waals surface area contributed by atoms with Gasteiger partial charge in [-0.25, -0.2) is 9.97 Å². The van der Waals surface area contributed by atoms with E-state index in [0.717, 1.165) is 18.2 Å². The lowest BCUT2D eigenvalue weighted by molar-refractivity contribution is 0.194. The molecule has 1 aliphatic heterocycles. The number of nitrogens with zero attached hydrogens (tertiary/aromatic N) is 3. The van der Waals surface area contributed by atoms with Gasteiger partial charge < -0.3 is 10.2 Å². The molecule has 1 saturated heterocycles. The van der Waals surface area contributed by atoms with Crippen LogP contribution >= 0.6 is 11.6 Å². The van der Waals surface area contributed by atoms with Gasteiger partial charge in [0.2, 0.25) is 0 Å². The van der Waals surface area contributed by atoms with Crippen LogP contribution in [0, 0.1) is 0 Å². The summed E-state index contributed by atoms with van der Waals surface area (Å²) in [7, 11) is 2.19. The molecule has 0 aliphatic carbocycles. The lowest BCUT2D eigenvalue weighted by Crippen LogP contribution is -2.40. The highest BCUT2D eigenvalue weighted by Crippen LogP contribution is 2.19. The summed E-state index contributed by atoms with van der Waals surface area (Å²) in [6.45, 7) is 6.25. The molecule has 0 saturated carbocycles. The minimum Gasteiger partial charge on any atom is -0.368 e. The molecule has 1 atom stereocenters. The van der Waals surface area contributed by atoms with Gasteiger partial charge >= 0.3 is 0 Å². The van der Waals surface area contributed by atoms with E-state index in [9.17, 15) is 0 Å². The SMILES string of the molecule is CC(C)c1nc(Cl)cc(NCC2CCCCN2C)n1. The summed E-state index contributed by atoms with van der Waals surface area (Å²) in [5, 5.41) is 3.92. The fourth-order valence-electron chi connectivity index (χ4n) is 2.41. The predicted octanol–water partition coefficient (Wildman–Crippen LogP) is 3.15. The molecule has 0 spiro atoms. The van der Waals surface area contributed by atoms with Crippen molar-refractivity contribution >= 4 is 17.4 Å². The van der Waals surface area contributed by atoms with Crippen LogP contribution in [0.5, 0.6) is 0 Å². The van der Waals surface area contributed by atoms with Crippen LogP contribution in [0.15, 0.2) is 6.07 Å². The summed E-state index contributed by atoms with van der Waals surface area (Å²) < 4.78 is 0. The molecular formula is C14H23ClN4. The number of hydrogen-bond acceptors (Lipinski definition) is 4. The average molecular weight is 283 g/mol. The Morgan fingerprint density at radius 2 is 2.21 bits per heavy atom. The first kappa shape index (κ1) is 14.5. The molecule has 1 aromatic rings. The van der Waals surface area contributed by atoms with Gasteiger partial charge in [0.1, 0.15) is 16.8 Å². The summed E-state index contributed by atoms with van der Waals surface area (Å²) in [5.74, 6) is 1.92. The first-order valence-electron chi connectivity index (χ1n) is 7.05. The largest absolute Gasteiger partial charge is 0.368 e. The third-order valence-electron chi connectivity index (χ3n) is 3.67. The van der Waals surface area contributed by atoms with Crippen molar-refractivity contribution in [2.45, 2.75) is 45.1 Å². The molecule has 19 heavy (non-hydrogen) atoms. The number of likely N-dealkylation sites (N-methyl/N-ethyl adjacent to an activating group) is 1. The van der Waals surface area contributed by atoms with Crippen molar-refractivity contribution in [1.29, 1.82) is 0 Å². The summed E-state index contributed by atoms with van der Waals surface area (Å²) in [6, 6.07) is 2.39. The van der Waals surface area contributed by atoms with E-state index < -0.39 is 0 Å². The second-order valence-electron chi connectivity index (χ2n) is 5.60. The van der Waals surface area contributed by atoms with Crippen molar-refractivity contribution < 1.29 is 0 Å². The number of halogens is 1. The molecule has 0 amide bonds. The van der Waals surface area contributed by atoms with Crippen molar-refractivity contribution in [2.24, 2.45) is 0 Å². The molecule has 0 aromatic carbocycles. The van der Waals surface area contributed by atoms with Gasteiger partial charge in [-0.05, 0) is 26.4 Å². The zero-order valence-corrected chi connectivity index (χ0v) is 12.7. The van der Waals surface area contributed by atoms with E-state index in [-0.39, 0.29) is 5.92 Å². The van der Waals surface area contributed by atoms with Crippen LogP contribution in [0.2, 0.25) is 5.15 Å². The highest BCUT2D eigenvalue weighted by atomic mass is 35.5. The van der Waals surface area contributed by atoms with Gasteiger partial charge in [-0.1, -0.05) is 31.9 Å². The van der Waals surface area contributed by atoms with Crippen molar-refractivity contribution in [3.05, 3.63) is 17.0 Å². The van der Waals surface area contributed by atoms with Gasteiger partial charge in [0, 0.05) is 24.6 Å². The summed E-state index contributed by atoms with van der Waals surface area (Å²) in [4.78, 5) is 11.2. The quantitative estimate of drug-likeness (QED) is 0.862. The highest BCUT2D eigenvalue weighted by molar-refractivity contribution is 6.29. The van der Waals surface area contributed by atoms with Crippen LogP contribution in [0.1, 0.15) is 44.9 Å². The molecule has 1 N–H and O–H groups in total. The Kier molecular flexibility index (Phi) is 4.99. The van der Waals surface area contributed by atoms with Crippen molar-refractivity contribution in [3.63, 3.8) is 0 Å². The van der Waals surface area contributed by atoms with Gasteiger partial charge in [0.15, 0.2) is 0 Å². The maximum absolute atomic E-state index is 6.04. The number of hydrogen-bond donors (Lipinski definition) is 1. The van der Waals surface area contributed by atoms with Crippen LogP contribution in [0.3, 0.4) is 0 Å². The Balaban J connectivity index is 1.98. The third kappa shape index (κ3) is 4.05. The average Bonchev–Trinajstić information content (AvgIpc) is 2.37. The van der Waals surface area contributed by atoms with Gasteiger partial charge in [0.25, 0.3) is 0 Å². The zero-order chi connectivity index (χ0) is 13.8. The molecule has 1 aromatic heterocycles. The van der Waals surface area contributed by atoms with E-state index in [1.807, 2.05) is 0 Å².